The van der Waals surface area contributed by atoms with Gasteiger partial charge in [0.2, 0.25) is 11.9 Å². The van der Waals surface area contributed by atoms with Crippen LogP contribution in [0.1, 0.15) is 23.2 Å². The van der Waals surface area contributed by atoms with Crippen LogP contribution in [0, 0.1) is 5.82 Å². The zero-order chi connectivity index (χ0) is 25.6. The van der Waals surface area contributed by atoms with Gasteiger partial charge in [0.25, 0.3) is 5.91 Å². The molecule has 1 fully saturated rings. The lowest BCUT2D eigenvalue weighted by Gasteiger charge is -2.25. The van der Waals surface area contributed by atoms with Crippen molar-refractivity contribution < 1.29 is 18.7 Å². The summed E-state index contributed by atoms with van der Waals surface area (Å²) in [7, 11) is 0. The molecule has 0 radical (unpaired) electrons. The monoisotopic (exact) mass is 498 g/mol. The molecule has 0 bridgehead atoms. The number of para-hydroxylation sites is 1. The van der Waals surface area contributed by atoms with Crippen LogP contribution in [0.5, 0.6) is 0 Å². The average molecular weight is 499 g/mol. The number of carbonyl (C=O) groups excluding carboxylic acids is 2. The van der Waals surface area contributed by atoms with Crippen LogP contribution < -0.4 is 5.32 Å². The summed E-state index contributed by atoms with van der Waals surface area (Å²) in [5.74, 6) is -1.30. The molecule has 7 nitrogen and oxygen atoms in total. The van der Waals surface area contributed by atoms with E-state index >= 15 is 0 Å². The number of carbonyl (C=O) groups is 2. The van der Waals surface area contributed by atoms with E-state index in [9.17, 15) is 14.0 Å². The Morgan fingerprint density at radius 1 is 1.00 bits per heavy atom. The first-order chi connectivity index (χ1) is 18.1. The molecule has 188 valence electrons. The van der Waals surface area contributed by atoms with Crippen LogP contribution in [0.4, 0.5) is 10.3 Å². The minimum absolute atomic E-state index is 0.0783. The highest BCUT2D eigenvalue weighted by Gasteiger charge is 2.27. The second-order valence-corrected chi connectivity index (χ2v) is 8.87. The van der Waals surface area contributed by atoms with Crippen molar-refractivity contribution in [2.45, 2.75) is 18.9 Å². The molecule has 2 amide bonds. The molecule has 1 aliphatic heterocycles. The van der Waals surface area contributed by atoms with Crippen LogP contribution >= 0.6 is 0 Å². The molecule has 0 aliphatic carbocycles. The first-order valence-corrected chi connectivity index (χ1v) is 12.2. The molecule has 2 heterocycles. The molecule has 4 aromatic rings. The van der Waals surface area contributed by atoms with Crippen LogP contribution in [0.2, 0.25) is 0 Å². The number of hydrogen-bond acceptors (Lipinski definition) is 4. The Morgan fingerprint density at radius 2 is 1.70 bits per heavy atom. The van der Waals surface area contributed by atoms with Gasteiger partial charge < -0.3 is 9.64 Å². The quantitative estimate of drug-likeness (QED) is 0.373. The third-order valence-corrected chi connectivity index (χ3v) is 6.24. The minimum Gasteiger partial charge on any atom is -0.376 e. The number of nitrogens with one attached hydrogen (secondary N) is 1. The fourth-order valence-electron chi connectivity index (χ4n) is 4.40. The van der Waals surface area contributed by atoms with E-state index in [0.29, 0.717) is 18.2 Å². The zero-order valence-corrected chi connectivity index (χ0v) is 20.2. The summed E-state index contributed by atoms with van der Waals surface area (Å²) in [6.45, 7) is 0.535. The van der Waals surface area contributed by atoms with Crippen LogP contribution in [0.25, 0.3) is 16.9 Å². The van der Waals surface area contributed by atoms with Crippen molar-refractivity contribution >= 4 is 17.8 Å². The molecule has 0 spiro atoms. The third kappa shape index (κ3) is 5.76. The largest absolute Gasteiger partial charge is 0.376 e. The standard InChI is InChI=1S/C29H27FN4O3/c30-25-16-8-7-15-24(25)28(36)33(18-23-14-9-17-37-23)20-27(35)32-29-31-26(21-10-3-1-4-11-21)19-34(29)22-12-5-2-6-13-22/h1-8,10-13,15-16,19,23H,9,14,17-18,20H2,(H,31,32,35)/t23-/m0/s1. The smallest absolute Gasteiger partial charge is 0.257 e. The molecule has 3 aromatic carbocycles. The van der Waals surface area contributed by atoms with E-state index in [4.69, 9.17) is 4.74 Å². The topological polar surface area (TPSA) is 76.5 Å². The van der Waals surface area contributed by atoms with Crippen molar-refractivity contribution in [1.82, 2.24) is 14.5 Å². The number of imidazole rings is 1. The Kier molecular flexibility index (Phi) is 7.37. The van der Waals surface area contributed by atoms with Crippen molar-refractivity contribution in [1.29, 1.82) is 0 Å². The lowest BCUT2D eigenvalue weighted by Crippen LogP contribution is -2.42. The third-order valence-electron chi connectivity index (χ3n) is 6.24. The summed E-state index contributed by atoms with van der Waals surface area (Å²) >= 11 is 0. The molecule has 0 unspecified atom stereocenters. The number of amides is 2. The molecule has 1 aromatic heterocycles. The Hall–Kier alpha value is -4.30. The van der Waals surface area contributed by atoms with Gasteiger partial charge >= 0.3 is 0 Å². The number of benzene rings is 3. The fraction of sp³-hybridized carbons (Fsp3) is 0.207. The molecule has 37 heavy (non-hydrogen) atoms. The molecule has 5 rings (SSSR count). The van der Waals surface area contributed by atoms with Crippen molar-refractivity contribution in [3.05, 3.63) is 103 Å². The maximum absolute atomic E-state index is 14.4. The Balaban J connectivity index is 1.41. The summed E-state index contributed by atoms with van der Waals surface area (Å²) in [5, 5.41) is 2.86. The average Bonchev–Trinajstić information content (AvgIpc) is 3.59. The summed E-state index contributed by atoms with van der Waals surface area (Å²) in [6.07, 6.45) is 3.32. The van der Waals surface area contributed by atoms with E-state index in [-0.39, 0.29) is 24.8 Å². The van der Waals surface area contributed by atoms with Crippen LogP contribution in [0.3, 0.4) is 0 Å². The van der Waals surface area contributed by atoms with Crippen LogP contribution in [0.15, 0.2) is 91.1 Å². The number of halogens is 1. The first-order valence-electron chi connectivity index (χ1n) is 12.2. The van der Waals surface area contributed by atoms with Crippen molar-refractivity contribution in [3.63, 3.8) is 0 Å². The van der Waals surface area contributed by atoms with Crippen molar-refractivity contribution in [2.75, 3.05) is 25.0 Å². The van der Waals surface area contributed by atoms with Gasteiger partial charge in [0, 0.05) is 30.6 Å². The highest BCUT2D eigenvalue weighted by Crippen LogP contribution is 2.24. The Morgan fingerprint density at radius 3 is 2.41 bits per heavy atom. The van der Waals surface area contributed by atoms with Crippen molar-refractivity contribution in [3.8, 4) is 16.9 Å². The second kappa shape index (κ2) is 11.2. The lowest BCUT2D eigenvalue weighted by molar-refractivity contribution is -0.117. The lowest BCUT2D eigenvalue weighted by atomic mass is 10.1. The van der Waals surface area contributed by atoms with E-state index in [1.165, 1.54) is 23.1 Å². The highest BCUT2D eigenvalue weighted by atomic mass is 19.1. The number of nitrogens with zero attached hydrogens (tertiary/aromatic N) is 3. The predicted octanol–water partition coefficient (Wildman–Crippen LogP) is 4.94. The maximum Gasteiger partial charge on any atom is 0.257 e. The van der Waals surface area contributed by atoms with E-state index < -0.39 is 17.6 Å². The van der Waals surface area contributed by atoms with Gasteiger partial charge in [-0.2, -0.15) is 0 Å². The first kappa shape index (κ1) is 24.4. The summed E-state index contributed by atoms with van der Waals surface area (Å²) in [4.78, 5) is 32.5. The zero-order valence-electron chi connectivity index (χ0n) is 20.2. The van der Waals surface area contributed by atoms with E-state index in [0.717, 1.165) is 24.1 Å². The van der Waals surface area contributed by atoms with Gasteiger partial charge in [0.1, 0.15) is 12.4 Å². The minimum atomic E-state index is -0.627. The van der Waals surface area contributed by atoms with Crippen LogP contribution in [-0.4, -0.2) is 52.1 Å². The summed E-state index contributed by atoms with van der Waals surface area (Å²) < 4.78 is 21.9. The fourth-order valence-corrected chi connectivity index (χ4v) is 4.40. The number of hydrogen-bond donors (Lipinski definition) is 1. The van der Waals surface area contributed by atoms with Gasteiger partial charge in [-0.05, 0) is 37.1 Å². The van der Waals surface area contributed by atoms with Gasteiger partial charge in [0.05, 0.1) is 17.4 Å². The molecule has 0 saturated carbocycles. The molecule has 1 saturated heterocycles. The van der Waals surface area contributed by atoms with Gasteiger partial charge in [-0.3, -0.25) is 19.5 Å². The summed E-state index contributed by atoms with van der Waals surface area (Å²) in [6, 6.07) is 25.0. The van der Waals surface area contributed by atoms with Gasteiger partial charge in [-0.1, -0.05) is 60.7 Å². The summed E-state index contributed by atoms with van der Waals surface area (Å²) in [5.41, 5.74) is 2.34. The predicted molar refractivity (Wildman–Crippen MR) is 139 cm³/mol. The highest BCUT2D eigenvalue weighted by molar-refractivity contribution is 5.99. The molecule has 8 heteroatoms. The number of rotatable bonds is 8. The van der Waals surface area contributed by atoms with Gasteiger partial charge in [-0.15, -0.1) is 0 Å². The molecule has 1 aliphatic rings. The van der Waals surface area contributed by atoms with E-state index in [1.54, 1.807) is 10.6 Å². The van der Waals surface area contributed by atoms with Gasteiger partial charge in [-0.25, -0.2) is 9.37 Å². The number of aromatic nitrogens is 2. The van der Waals surface area contributed by atoms with Crippen molar-refractivity contribution in [2.24, 2.45) is 0 Å². The van der Waals surface area contributed by atoms with E-state index in [2.05, 4.69) is 10.3 Å². The van der Waals surface area contributed by atoms with Gasteiger partial charge in [0.15, 0.2) is 0 Å². The van der Waals surface area contributed by atoms with E-state index in [1.807, 2.05) is 66.9 Å². The second-order valence-electron chi connectivity index (χ2n) is 8.87. The maximum atomic E-state index is 14.4. The molecule has 1 N–H and O–H groups in total. The number of ether oxygens (including phenoxy) is 1. The molecule has 1 atom stereocenters. The molecular weight excluding hydrogens is 471 g/mol. The molecular formula is C29H27FN4O3. The number of anilines is 1. The normalized spacial score (nSPS) is 14.9. The van der Waals surface area contributed by atoms with Crippen LogP contribution in [-0.2, 0) is 9.53 Å². The Bertz CT molecular complexity index is 1370. The SMILES string of the molecule is O=C(CN(C[C@@H]1CCCO1)C(=O)c1ccccc1F)Nc1nc(-c2ccccc2)cn1-c1ccccc1. The Labute approximate surface area is 214 Å².